The van der Waals surface area contributed by atoms with Crippen molar-refractivity contribution in [1.82, 2.24) is 19.9 Å². The molecule has 0 unspecified atom stereocenters. The molecule has 0 spiro atoms. The highest BCUT2D eigenvalue weighted by Gasteiger charge is 2.34. The van der Waals surface area contributed by atoms with Crippen molar-refractivity contribution < 1.29 is 14.1 Å². The fraction of sp³-hybridized carbons (Fsp3) is 0.500. The molecule has 0 saturated carbocycles. The van der Waals surface area contributed by atoms with E-state index in [1.165, 1.54) is 0 Å². The summed E-state index contributed by atoms with van der Waals surface area (Å²) in [5, 5.41) is 4.13. The second-order valence-electron chi connectivity index (χ2n) is 6.49. The van der Waals surface area contributed by atoms with Crippen LogP contribution in [0, 0.1) is 0 Å². The third-order valence-electron chi connectivity index (χ3n) is 4.85. The zero-order valence-corrected chi connectivity index (χ0v) is 14.1. The van der Waals surface area contributed by atoms with Crippen LogP contribution < -0.4 is 0 Å². The van der Waals surface area contributed by atoms with Crippen molar-refractivity contribution in [1.29, 1.82) is 0 Å². The van der Waals surface area contributed by atoms with E-state index in [0.29, 0.717) is 32.8 Å². The van der Waals surface area contributed by atoms with Gasteiger partial charge in [-0.05, 0) is 31.5 Å². The summed E-state index contributed by atoms with van der Waals surface area (Å²) in [5.41, 5.74) is 1.71. The number of hydrogen-bond acceptors (Lipinski definition) is 6. The number of carbonyl (C=O) groups excluding carboxylic acids is 1. The highest BCUT2D eigenvalue weighted by Crippen LogP contribution is 2.24. The van der Waals surface area contributed by atoms with Gasteiger partial charge in [-0.2, -0.15) is 0 Å². The summed E-state index contributed by atoms with van der Waals surface area (Å²) < 4.78 is 10.8. The molecule has 1 amide bonds. The van der Waals surface area contributed by atoms with Crippen LogP contribution in [0.4, 0.5) is 0 Å². The van der Waals surface area contributed by atoms with Crippen molar-refractivity contribution in [3.8, 4) is 11.3 Å². The number of likely N-dealkylation sites (tertiary alicyclic amines) is 1. The van der Waals surface area contributed by atoms with Crippen LogP contribution in [0.25, 0.3) is 11.3 Å². The van der Waals surface area contributed by atoms with E-state index in [1.807, 2.05) is 23.1 Å². The summed E-state index contributed by atoms with van der Waals surface area (Å²) >= 11 is 0. The minimum atomic E-state index is -0.0648. The highest BCUT2D eigenvalue weighted by molar-refractivity contribution is 5.82. The number of rotatable bonds is 4. The standard InChI is InChI=1S/C18H22N4O3/c23-18(21-7-9-24-10-8-21)17-4-2-6-22(17)13-15-11-16(20-25-15)14-3-1-5-19-12-14/h1,3,5,11-12,17H,2,4,6-10,13H2/t17-/m0/s1. The molecule has 2 saturated heterocycles. The van der Waals surface area contributed by atoms with Gasteiger partial charge >= 0.3 is 0 Å². The number of nitrogens with zero attached hydrogens (tertiary/aromatic N) is 4. The van der Waals surface area contributed by atoms with E-state index < -0.39 is 0 Å². The van der Waals surface area contributed by atoms with Crippen molar-refractivity contribution in [2.24, 2.45) is 0 Å². The minimum absolute atomic E-state index is 0.0648. The summed E-state index contributed by atoms with van der Waals surface area (Å²) in [7, 11) is 0. The molecule has 2 fully saturated rings. The number of ether oxygens (including phenoxy) is 1. The van der Waals surface area contributed by atoms with Crippen LogP contribution in [0.1, 0.15) is 18.6 Å². The number of morpholine rings is 1. The van der Waals surface area contributed by atoms with Gasteiger partial charge in [-0.1, -0.05) is 5.16 Å². The third kappa shape index (κ3) is 3.57. The summed E-state index contributed by atoms with van der Waals surface area (Å²) in [4.78, 5) is 21.0. The van der Waals surface area contributed by atoms with Gasteiger partial charge in [-0.25, -0.2) is 0 Å². The maximum absolute atomic E-state index is 12.8. The summed E-state index contributed by atoms with van der Waals surface area (Å²) in [5.74, 6) is 0.994. The maximum atomic E-state index is 12.8. The van der Waals surface area contributed by atoms with Crippen molar-refractivity contribution >= 4 is 5.91 Å². The number of hydrogen-bond donors (Lipinski definition) is 0. The molecule has 4 rings (SSSR count). The van der Waals surface area contributed by atoms with E-state index >= 15 is 0 Å². The van der Waals surface area contributed by atoms with Crippen LogP contribution in [-0.2, 0) is 16.1 Å². The van der Waals surface area contributed by atoms with Gasteiger partial charge in [0, 0.05) is 37.1 Å². The molecule has 0 bridgehead atoms. The quantitative estimate of drug-likeness (QED) is 0.840. The Balaban J connectivity index is 1.43. The van der Waals surface area contributed by atoms with Crippen molar-refractivity contribution in [3.63, 3.8) is 0 Å². The van der Waals surface area contributed by atoms with Gasteiger partial charge in [0.25, 0.3) is 0 Å². The SMILES string of the molecule is O=C([C@@H]1CCCN1Cc1cc(-c2cccnc2)no1)N1CCOCC1. The Morgan fingerprint density at radius 3 is 2.96 bits per heavy atom. The lowest BCUT2D eigenvalue weighted by atomic mass is 10.1. The van der Waals surface area contributed by atoms with Gasteiger partial charge in [0.2, 0.25) is 5.91 Å². The van der Waals surface area contributed by atoms with Gasteiger partial charge in [0.1, 0.15) is 5.69 Å². The Morgan fingerprint density at radius 2 is 2.16 bits per heavy atom. The average molecular weight is 342 g/mol. The Hall–Kier alpha value is -2.25. The second-order valence-corrected chi connectivity index (χ2v) is 6.49. The van der Waals surface area contributed by atoms with Gasteiger partial charge in [-0.15, -0.1) is 0 Å². The van der Waals surface area contributed by atoms with Crippen LogP contribution >= 0.6 is 0 Å². The monoisotopic (exact) mass is 342 g/mol. The van der Waals surface area contributed by atoms with Gasteiger partial charge in [0.05, 0.1) is 25.8 Å². The smallest absolute Gasteiger partial charge is 0.240 e. The van der Waals surface area contributed by atoms with Crippen molar-refractivity contribution in [3.05, 3.63) is 36.4 Å². The molecule has 0 aliphatic carbocycles. The first-order chi connectivity index (χ1) is 12.3. The number of pyridine rings is 1. The number of carbonyl (C=O) groups is 1. The lowest BCUT2D eigenvalue weighted by Gasteiger charge is -2.32. The van der Waals surface area contributed by atoms with Crippen LogP contribution in [0.5, 0.6) is 0 Å². The molecule has 2 aliphatic rings. The summed E-state index contributed by atoms with van der Waals surface area (Å²) in [6.07, 6.45) is 5.43. The number of aromatic nitrogens is 2. The van der Waals surface area contributed by atoms with Crippen LogP contribution in [0.2, 0.25) is 0 Å². The lowest BCUT2D eigenvalue weighted by molar-refractivity contribution is -0.140. The van der Waals surface area contributed by atoms with Crippen molar-refractivity contribution in [2.75, 3.05) is 32.8 Å². The van der Waals surface area contributed by atoms with E-state index in [9.17, 15) is 4.79 Å². The second kappa shape index (κ2) is 7.33. The molecule has 2 aliphatic heterocycles. The van der Waals surface area contributed by atoms with E-state index in [2.05, 4.69) is 15.0 Å². The Morgan fingerprint density at radius 1 is 1.28 bits per heavy atom. The first-order valence-electron chi connectivity index (χ1n) is 8.78. The highest BCUT2D eigenvalue weighted by atomic mass is 16.5. The fourth-order valence-corrected chi connectivity index (χ4v) is 3.53. The molecular weight excluding hydrogens is 320 g/mol. The minimum Gasteiger partial charge on any atom is -0.378 e. The lowest BCUT2D eigenvalue weighted by Crippen LogP contribution is -2.49. The molecule has 7 nitrogen and oxygen atoms in total. The van der Waals surface area contributed by atoms with Crippen molar-refractivity contribution in [2.45, 2.75) is 25.4 Å². The van der Waals surface area contributed by atoms with Crippen LogP contribution in [0.15, 0.2) is 35.1 Å². The molecular formula is C18H22N4O3. The van der Waals surface area contributed by atoms with Gasteiger partial charge < -0.3 is 14.2 Å². The normalized spacial score (nSPS) is 21.6. The molecule has 132 valence electrons. The van der Waals surface area contributed by atoms with E-state index in [0.717, 1.165) is 36.4 Å². The zero-order valence-electron chi connectivity index (χ0n) is 14.1. The van der Waals surface area contributed by atoms with E-state index in [-0.39, 0.29) is 11.9 Å². The molecule has 0 radical (unpaired) electrons. The Kier molecular flexibility index (Phi) is 4.76. The van der Waals surface area contributed by atoms with Crippen LogP contribution in [0.3, 0.4) is 0 Å². The van der Waals surface area contributed by atoms with E-state index in [1.54, 1.807) is 12.4 Å². The fourth-order valence-electron chi connectivity index (χ4n) is 3.53. The molecule has 25 heavy (non-hydrogen) atoms. The third-order valence-corrected chi connectivity index (χ3v) is 4.85. The Labute approximate surface area is 146 Å². The first kappa shape index (κ1) is 16.2. The van der Waals surface area contributed by atoms with Crippen LogP contribution in [-0.4, -0.2) is 64.7 Å². The largest absolute Gasteiger partial charge is 0.378 e. The predicted molar refractivity (Wildman–Crippen MR) is 90.6 cm³/mol. The topological polar surface area (TPSA) is 71.7 Å². The zero-order chi connectivity index (χ0) is 17.1. The summed E-state index contributed by atoms with van der Waals surface area (Å²) in [6, 6.07) is 5.70. The maximum Gasteiger partial charge on any atom is 0.240 e. The molecule has 7 heteroatoms. The predicted octanol–water partition coefficient (Wildman–Crippen LogP) is 1.56. The molecule has 2 aromatic heterocycles. The van der Waals surface area contributed by atoms with Gasteiger partial charge in [-0.3, -0.25) is 14.7 Å². The Bertz CT molecular complexity index is 712. The molecule has 1 atom stereocenters. The van der Waals surface area contributed by atoms with Gasteiger partial charge in [0.15, 0.2) is 5.76 Å². The summed E-state index contributed by atoms with van der Waals surface area (Å²) in [6.45, 7) is 4.16. The molecule has 4 heterocycles. The molecule has 0 aromatic carbocycles. The number of amides is 1. The first-order valence-corrected chi connectivity index (χ1v) is 8.78. The molecule has 0 N–H and O–H groups in total. The average Bonchev–Trinajstić information content (AvgIpc) is 3.33. The molecule has 2 aromatic rings. The van der Waals surface area contributed by atoms with E-state index in [4.69, 9.17) is 9.26 Å².